The Hall–Kier alpha value is -2.93. The lowest BCUT2D eigenvalue weighted by Gasteiger charge is -2.04. The van der Waals surface area contributed by atoms with Crippen LogP contribution in [0.15, 0.2) is 47.4 Å². The summed E-state index contributed by atoms with van der Waals surface area (Å²) in [7, 11) is 1.57. The third-order valence-electron chi connectivity index (χ3n) is 3.37. The molecule has 0 atom stereocenters. The molecule has 0 N–H and O–H groups in total. The lowest BCUT2D eigenvalue weighted by atomic mass is 10.2. The van der Waals surface area contributed by atoms with Crippen molar-refractivity contribution in [1.82, 2.24) is 24.7 Å². The maximum Gasteiger partial charge on any atom is 0.262 e. The molecule has 3 heterocycles. The summed E-state index contributed by atoms with van der Waals surface area (Å²) in [6.07, 6.45) is 3.44. The van der Waals surface area contributed by atoms with Crippen molar-refractivity contribution in [1.29, 1.82) is 0 Å². The van der Waals surface area contributed by atoms with Gasteiger partial charge in [-0.2, -0.15) is 4.98 Å². The first kappa shape index (κ1) is 13.7. The number of ether oxygens (including phenoxy) is 1. The van der Waals surface area contributed by atoms with Crippen LogP contribution in [0.4, 0.5) is 0 Å². The Kier molecular flexibility index (Phi) is 3.20. The fourth-order valence-corrected chi connectivity index (χ4v) is 2.43. The van der Waals surface area contributed by atoms with Gasteiger partial charge in [0, 0.05) is 16.8 Å². The molecular formula is C15H10ClN5O2. The van der Waals surface area contributed by atoms with Gasteiger partial charge in [0.1, 0.15) is 12.1 Å². The monoisotopic (exact) mass is 327 g/mol. The number of nitrogens with zero attached hydrogens (tertiary/aromatic N) is 5. The second-order valence-corrected chi connectivity index (χ2v) is 5.22. The van der Waals surface area contributed by atoms with Crippen molar-refractivity contribution in [2.45, 2.75) is 0 Å². The largest absolute Gasteiger partial charge is 0.496 e. The summed E-state index contributed by atoms with van der Waals surface area (Å²) < 4.78 is 12.4. The second kappa shape index (κ2) is 5.36. The average Bonchev–Trinajstić information content (AvgIpc) is 3.23. The lowest BCUT2D eigenvalue weighted by Crippen LogP contribution is -1.89. The molecule has 0 aliphatic heterocycles. The van der Waals surface area contributed by atoms with Crippen molar-refractivity contribution in [3.8, 4) is 28.6 Å². The Morgan fingerprint density at radius 2 is 2.13 bits per heavy atom. The third kappa shape index (κ3) is 2.40. The van der Waals surface area contributed by atoms with Crippen LogP contribution in [-0.2, 0) is 0 Å². The number of benzene rings is 1. The molecule has 7 nitrogen and oxygen atoms in total. The van der Waals surface area contributed by atoms with Crippen LogP contribution in [-0.4, -0.2) is 31.8 Å². The number of halogens is 1. The molecule has 0 aliphatic carbocycles. The van der Waals surface area contributed by atoms with Gasteiger partial charge in [0.25, 0.3) is 5.89 Å². The van der Waals surface area contributed by atoms with Crippen molar-refractivity contribution in [2.75, 3.05) is 7.11 Å². The van der Waals surface area contributed by atoms with E-state index in [1.54, 1.807) is 36.0 Å². The Morgan fingerprint density at radius 1 is 1.22 bits per heavy atom. The zero-order chi connectivity index (χ0) is 15.8. The van der Waals surface area contributed by atoms with E-state index in [1.807, 2.05) is 18.3 Å². The highest BCUT2D eigenvalue weighted by Gasteiger charge is 2.15. The molecule has 0 aliphatic rings. The minimum absolute atomic E-state index is 0.336. The summed E-state index contributed by atoms with van der Waals surface area (Å²) in [5, 5.41) is 12.4. The predicted octanol–water partition coefficient (Wildman–Crippen LogP) is 3.11. The Bertz CT molecular complexity index is 994. The molecule has 8 heteroatoms. The zero-order valence-corrected chi connectivity index (χ0v) is 12.7. The first-order chi connectivity index (χ1) is 11.2. The van der Waals surface area contributed by atoms with Crippen LogP contribution in [0, 0.1) is 0 Å². The highest BCUT2D eigenvalue weighted by atomic mass is 35.5. The predicted molar refractivity (Wildman–Crippen MR) is 83.3 cm³/mol. The van der Waals surface area contributed by atoms with E-state index in [-0.39, 0.29) is 0 Å². The molecule has 1 aromatic carbocycles. The molecule has 114 valence electrons. The minimum Gasteiger partial charge on any atom is -0.496 e. The number of methoxy groups -OCH3 is 1. The summed E-state index contributed by atoms with van der Waals surface area (Å²) in [6, 6.07) is 8.90. The van der Waals surface area contributed by atoms with Crippen LogP contribution in [0.3, 0.4) is 0 Å². The van der Waals surface area contributed by atoms with E-state index in [0.717, 1.165) is 11.2 Å². The smallest absolute Gasteiger partial charge is 0.262 e. The van der Waals surface area contributed by atoms with E-state index in [4.69, 9.17) is 20.9 Å². The van der Waals surface area contributed by atoms with Crippen molar-refractivity contribution in [3.05, 3.63) is 47.9 Å². The zero-order valence-electron chi connectivity index (χ0n) is 12.0. The lowest BCUT2D eigenvalue weighted by molar-refractivity contribution is 0.405. The van der Waals surface area contributed by atoms with E-state index in [9.17, 15) is 0 Å². The van der Waals surface area contributed by atoms with Gasteiger partial charge in [-0.1, -0.05) is 16.8 Å². The quantitative estimate of drug-likeness (QED) is 0.575. The number of fused-ring (bicyclic) bond motifs is 1. The molecule has 0 saturated carbocycles. The molecule has 4 rings (SSSR count). The van der Waals surface area contributed by atoms with Crippen LogP contribution >= 0.6 is 11.6 Å². The van der Waals surface area contributed by atoms with E-state index < -0.39 is 0 Å². The molecule has 0 radical (unpaired) electrons. The summed E-state index contributed by atoms with van der Waals surface area (Å²) in [5.41, 5.74) is 2.17. The molecule has 4 aromatic rings. The maximum absolute atomic E-state index is 6.04. The average molecular weight is 328 g/mol. The van der Waals surface area contributed by atoms with E-state index in [1.165, 1.54) is 0 Å². The van der Waals surface area contributed by atoms with E-state index in [2.05, 4.69) is 20.3 Å². The first-order valence-corrected chi connectivity index (χ1v) is 7.10. The first-order valence-electron chi connectivity index (χ1n) is 6.72. The van der Waals surface area contributed by atoms with Gasteiger partial charge in [0.15, 0.2) is 5.65 Å². The fourth-order valence-electron chi connectivity index (χ4n) is 2.26. The highest BCUT2D eigenvalue weighted by molar-refractivity contribution is 6.30. The van der Waals surface area contributed by atoms with Gasteiger partial charge < -0.3 is 9.26 Å². The van der Waals surface area contributed by atoms with Crippen LogP contribution < -0.4 is 4.74 Å². The van der Waals surface area contributed by atoms with E-state index >= 15 is 0 Å². The molecule has 3 aromatic heterocycles. The number of pyridine rings is 1. The van der Waals surface area contributed by atoms with Gasteiger partial charge in [0.2, 0.25) is 5.82 Å². The van der Waals surface area contributed by atoms with Gasteiger partial charge in [0.05, 0.1) is 12.7 Å². The van der Waals surface area contributed by atoms with Gasteiger partial charge in [-0.25, -0.2) is 0 Å². The molecule has 0 bridgehead atoms. The van der Waals surface area contributed by atoms with Crippen LogP contribution in [0.5, 0.6) is 5.75 Å². The summed E-state index contributed by atoms with van der Waals surface area (Å²) >= 11 is 6.04. The summed E-state index contributed by atoms with van der Waals surface area (Å²) in [4.78, 5) is 4.42. The number of hydrogen-bond acceptors (Lipinski definition) is 6. The molecule has 23 heavy (non-hydrogen) atoms. The molecular weight excluding hydrogens is 318 g/mol. The maximum atomic E-state index is 6.04. The number of hydrogen-bond donors (Lipinski definition) is 0. The van der Waals surface area contributed by atoms with Crippen molar-refractivity contribution in [3.63, 3.8) is 0 Å². The Labute approximate surface area is 135 Å². The summed E-state index contributed by atoms with van der Waals surface area (Å²) in [6.45, 7) is 0. The van der Waals surface area contributed by atoms with Gasteiger partial charge in [-0.15, -0.1) is 10.2 Å². The molecule has 0 amide bonds. The normalized spacial score (nSPS) is 11.0. The Balaban J connectivity index is 1.78. The summed E-state index contributed by atoms with van der Waals surface area (Å²) in [5.74, 6) is 1.40. The molecule has 0 fully saturated rings. The minimum atomic E-state index is 0.336. The van der Waals surface area contributed by atoms with E-state index in [0.29, 0.717) is 28.1 Å². The van der Waals surface area contributed by atoms with Gasteiger partial charge in [-0.05, 0) is 30.3 Å². The van der Waals surface area contributed by atoms with Crippen molar-refractivity contribution < 1.29 is 9.26 Å². The molecule has 0 spiro atoms. The Morgan fingerprint density at radius 3 is 3.00 bits per heavy atom. The highest BCUT2D eigenvalue weighted by Crippen LogP contribution is 2.32. The number of aromatic nitrogens is 5. The number of rotatable bonds is 3. The second-order valence-electron chi connectivity index (χ2n) is 4.78. The third-order valence-corrected chi connectivity index (χ3v) is 3.60. The fraction of sp³-hybridized carbons (Fsp3) is 0.0667. The topological polar surface area (TPSA) is 78.3 Å². The van der Waals surface area contributed by atoms with Crippen LogP contribution in [0.1, 0.15) is 0 Å². The van der Waals surface area contributed by atoms with Crippen LogP contribution in [0.2, 0.25) is 5.02 Å². The van der Waals surface area contributed by atoms with Gasteiger partial charge >= 0.3 is 0 Å². The molecule has 0 unspecified atom stereocenters. The molecule has 0 saturated heterocycles. The standard InChI is InChI=1S/C15H10ClN5O2/c1-22-12-4-3-10(16)6-11(12)15-18-14(20-23-15)9-2-5-13-19-17-8-21(13)7-9/h2-8H,1H3. The van der Waals surface area contributed by atoms with Crippen molar-refractivity contribution in [2.24, 2.45) is 0 Å². The van der Waals surface area contributed by atoms with Crippen LogP contribution in [0.25, 0.3) is 28.5 Å². The SMILES string of the molecule is COc1ccc(Cl)cc1-c1nc(-c2ccc3nncn3c2)no1. The van der Waals surface area contributed by atoms with Gasteiger partial charge in [-0.3, -0.25) is 4.40 Å². The van der Waals surface area contributed by atoms with Crippen molar-refractivity contribution >= 4 is 17.2 Å².